The van der Waals surface area contributed by atoms with Gasteiger partial charge in [-0.1, -0.05) is 23.8 Å². The maximum atomic E-state index is 10.6. The Morgan fingerprint density at radius 3 is 2.65 bits per heavy atom. The van der Waals surface area contributed by atoms with Crippen LogP contribution in [0.1, 0.15) is 43.4 Å². The fourth-order valence-electron chi connectivity index (χ4n) is 3.30. The zero-order valence-electron chi connectivity index (χ0n) is 13.9. The number of hydrogen-bond acceptors (Lipinski definition) is 2. The molecule has 0 bridgehead atoms. The molecule has 0 radical (unpaired) electrons. The molecule has 1 heterocycles. The summed E-state index contributed by atoms with van der Waals surface area (Å²) in [6.45, 7) is 6.21. The highest BCUT2D eigenvalue weighted by atomic mass is 35.5. The summed E-state index contributed by atoms with van der Waals surface area (Å²) in [5, 5.41) is 10.6. The number of halogens is 1. The van der Waals surface area contributed by atoms with Gasteiger partial charge in [0.2, 0.25) is 0 Å². The molecule has 0 unspecified atom stereocenters. The normalized spacial score (nSPS) is 14.8. The molecule has 2 aromatic rings. The quantitative estimate of drug-likeness (QED) is 0.587. The summed E-state index contributed by atoms with van der Waals surface area (Å²) in [5.41, 5.74) is 4.86. The number of alkyl halides is 1. The van der Waals surface area contributed by atoms with E-state index in [1.54, 1.807) is 0 Å². The fourth-order valence-corrected chi connectivity index (χ4v) is 3.48. The van der Waals surface area contributed by atoms with Crippen LogP contribution in [0.3, 0.4) is 0 Å². The number of fused-ring (bicyclic) bond motifs is 3. The lowest BCUT2D eigenvalue weighted by Crippen LogP contribution is -2.29. The number of phenolic OH excluding ortho intramolecular Hbond substituents is 1. The number of phenols is 1. The van der Waals surface area contributed by atoms with Gasteiger partial charge in [0.05, 0.1) is 5.56 Å². The first-order chi connectivity index (χ1) is 10.9. The zero-order chi connectivity index (χ0) is 16.6. The van der Waals surface area contributed by atoms with Gasteiger partial charge in [0.1, 0.15) is 17.1 Å². The van der Waals surface area contributed by atoms with Crippen molar-refractivity contribution in [3.05, 3.63) is 47.0 Å². The van der Waals surface area contributed by atoms with E-state index in [2.05, 4.69) is 45.0 Å². The minimum absolute atomic E-state index is 0.297. The molecular weight excluding hydrogens is 308 g/mol. The average Bonchev–Trinajstić information content (AvgIpc) is 2.46. The SMILES string of the molecule is Cc1ccc2c(c1)-c1c(O)cc(CCCCCl)cc1OC2(C)C. The average molecular weight is 331 g/mol. The first kappa shape index (κ1) is 16.2. The van der Waals surface area contributed by atoms with Crippen LogP contribution in [0.5, 0.6) is 11.5 Å². The lowest BCUT2D eigenvalue weighted by molar-refractivity contribution is 0.105. The summed E-state index contributed by atoms with van der Waals surface area (Å²) in [4.78, 5) is 0. The Labute approximate surface area is 143 Å². The second-order valence-electron chi connectivity index (χ2n) is 6.80. The van der Waals surface area contributed by atoms with Gasteiger partial charge in [-0.2, -0.15) is 0 Å². The van der Waals surface area contributed by atoms with E-state index < -0.39 is 5.60 Å². The first-order valence-corrected chi connectivity index (χ1v) is 8.68. The minimum atomic E-state index is -0.406. The molecule has 0 amide bonds. The molecule has 0 fully saturated rings. The largest absolute Gasteiger partial charge is 0.507 e. The number of aryl methyl sites for hydroxylation is 2. The molecule has 2 aromatic carbocycles. The van der Waals surface area contributed by atoms with Crippen LogP contribution in [0.4, 0.5) is 0 Å². The molecule has 1 aliphatic heterocycles. The number of ether oxygens (including phenoxy) is 1. The minimum Gasteiger partial charge on any atom is -0.507 e. The van der Waals surface area contributed by atoms with Crippen molar-refractivity contribution < 1.29 is 9.84 Å². The topological polar surface area (TPSA) is 29.5 Å². The number of benzene rings is 2. The van der Waals surface area contributed by atoms with E-state index in [4.69, 9.17) is 16.3 Å². The van der Waals surface area contributed by atoms with Gasteiger partial charge < -0.3 is 9.84 Å². The molecule has 1 N–H and O–H groups in total. The molecule has 0 spiro atoms. The number of aromatic hydroxyl groups is 1. The fraction of sp³-hybridized carbons (Fsp3) is 0.400. The van der Waals surface area contributed by atoms with Gasteiger partial charge in [-0.05, 0) is 63.3 Å². The lowest BCUT2D eigenvalue weighted by atomic mass is 9.84. The monoisotopic (exact) mass is 330 g/mol. The van der Waals surface area contributed by atoms with E-state index in [1.165, 1.54) is 5.56 Å². The Hall–Kier alpha value is -1.67. The van der Waals surface area contributed by atoms with Gasteiger partial charge in [0, 0.05) is 11.4 Å². The summed E-state index contributed by atoms with van der Waals surface area (Å²) in [5.74, 6) is 1.74. The molecule has 2 nitrogen and oxygen atoms in total. The van der Waals surface area contributed by atoms with Crippen molar-refractivity contribution in [3.63, 3.8) is 0 Å². The van der Waals surface area contributed by atoms with E-state index >= 15 is 0 Å². The molecule has 1 aliphatic rings. The Balaban J connectivity index is 2.09. The smallest absolute Gasteiger partial charge is 0.132 e. The summed E-state index contributed by atoms with van der Waals surface area (Å²) in [6.07, 6.45) is 2.90. The standard InChI is InChI=1S/C20H23ClO2/c1-13-7-8-16-15(10-13)19-17(22)11-14(6-4-5-9-21)12-18(19)23-20(16,2)3/h7-8,10-12,22H,4-6,9H2,1-3H3. The third-order valence-electron chi connectivity index (χ3n) is 4.45. The third kappa shape index (κ3) is 3.05. The maximum Gasteiger partial charge on any atom is 0.132 e. The Morgan fingerprint density at radius 1 is 1.13 bits per heavy atom. The van der Waals surface area contributed by atoms with Crippen LogP contribution in [-0.2, 0) is 12.0 Å². The molecule has 0 saturated carbocycles. The zero-order valence-corrected chi connectivity index (χ0v) is 14.7. The summed E-state index contributed by atoms with van der Waals surface area (Å²) >= 11 is 5.75. The van der Waals surface area contributed by atoms with E-state index in [-0.39, 0.29) is 0 Å². The van der Waals surface area contributed by atoms with Crippen LogP contribution in [0.15, 0.2) is 30.3 Å². The molecule has 3 rings (SSSR count). The van der Waals surface area contributed by atoms with Crippen LogP contribution < -0.4 is 4.74 Å². The van der Waals surface area contributed by atoms with Crippen molar-refractivity contribution in [2.75, 3.05) is 5.88 Å². The highest BCUT2D eigenvalue weighted by molar-refractivity contribution is 6.17. The molecule has 0 atom stereocenters. The van der Waals surface area contributed by atoms with Gasteiger partial charge in [-0.25, -0.2) is 0 Å². The predicted molar refractivity (Wildman–Crippen MR) is 95.6 cm³/mol. The lowest BCUT2D eigenvalue weighted by Gasteiger charge is -2.35. The van der Waals surface area contributed by atoms with Gasteiger partial charge in [-0.3, -0.25) is 0 Å². The van der Waals surface area contributed by atoms with Crippen LogP contribution in [0, 0.1) is 6.92 Å². The number of unbranched alkanes of at least 4 members (excludes halogenated alkanes) is 1. The first-order valence-electron chi connectivity index (χ1n) is 8.15. The molecule has 0 aromatic heterocycles. The van der Waals surface area contributed by atoms with Crippen LogP contribution in [0.25, 0.3) is 11.1 Å². The van der Waals surface area contributed by atoms with Crippen molar-refractivity contribution in [2.24, 2.45) is 0 Å². The molecule has 0 aliphatic carbocycles. The maximum absolute atomic E-state index is 10.6. The Kier molecular flexibility index (Phi) is 4.29. The summed E-state index contributed by atoms with van der Waals surface area (Å²) in [7, 11) is 0. The molecule has 3 heteroatoms. The van der Waals surface area contributed by atoms with Crippen molar-refractivity contribution in [2.45, 2.75) is 45.6 Å². The second-order valence-corrected chi connectivity index (χ2v) is 7.17. The molecular formula is C20H23ClO2. The van der Waals surface area contributed by atoms with Gasteiger partial charge in [0.15, 0.2) is 0 Å². The van der Waals surface area contributed by atoms with Gasteiger partial charge >= 0.3 is 0 Å². The van der Waals surface area contributed by atoms with E-state index in [0.29, 0.717) is 11.6 Å². The van der Waals surface area contributed by atoms with Crippen molar-refractivity contribution in [3.8, 4) is 22.6 Å². The van der Waals surface area contributed by atoms with Gasteiger partial charge in [-0.15, -0.1) is 11.6 Å². The highest BCUT2D eigenvalue weighted by Crippen LogP contribution is 2.49. The van der Waals surface area contributed by atoms with Crippen LogP contribution in [-0.4, -0.2) is 11.0 Å². The highest BCUT2D eigenvalue weighted by Gasteiger charge is 2.34. The third-order valence-corrected chi connectivity index (χ3v) is 4.72. The van der Waals surface area contributed by atoms with Crippen LogP contribution >= 0.6 is 11.6 Å². The molecule has 0 saturated heterocycles. The van der Waals surface area contributed by atoms with Crippen molar-refractivity contribution in [1.82, 2.24) is 0 Å². The van der Waals surface area contributed by atoms with E-state index in [0.717, 1.165) is 47.3 Å². The number of hydrogen-bond donors (Lipinski definition) is 1. The summed E-state index contributed by atoms with van der Waals surface area (Å²) < 4.78 is 6.23. The van der Waals surface area contributed by atoms with E-state index in [9.17, 15) is 5.11 Å². The molecule has 122 valence electrons. The predicted octanol–water partition coefficient (Wildman–Crippen LogP) is 5.56. The van der Waals surface area contributed by atoms with Crippen molar-refractivity contribution in [1.29, 1.82) is 0 Å². The van der Waals surface area contributed by atoms with Gasteiger partial charge in [0.25, 0.3) is 0 Å². The van der Waals surface area contributed by atoms with Crippen LogP contribution in [0.2, 0.25) is 0 Å². The second kappa shape index (κ2) is 6.09. The Bertz CT molecular complexity index is 735. The Morgan fingerprint density at radius 2 is 1.91 bits per heavy atom. The molecule has 23 heavy (non-hydrogen) atoms. The van der Waals surface area contributed by atoms with Crippen molar-refractivity contribution >= 4 is 11.6 Å². The summed E-state index contributed by atoms with van der Waals surface area (Å²) in [6, 6.07) is 10.2. The van der Waals surface area contributed by atoms with E-state index in [1.807, 2.05) is 6.07 Å². The number of rotatable bonds is 4.